The van der Waals surface area contributed by atoms with Gasteiger partial charge in [0.1, 0.15) is 0 Å². The summed E-state index contributed by atoms with van der Waals surface area (Å²) in [6, 6.07) is -0.329. The van der Waals surface area contributed by atoms with Crippen molar-refractivity contribution >= 4 is 0 Å². The Morgan fingerprint density at radius 1 is 1.71 bits per heavy atom. The van der Waals surface area contributed by atoms with E-state index in [9.17, 15) is 0 Å². The van der Waals surface area contributed by atoms with Crippen LogP contribution in [0.15, 0.2) is 0 Å². The van der Waals surface area contributed by atoms with Crippen LogP contribution in [0.1, 0.15) is 6.92 Å². The van der Waals surface area contributed by atoms with E-state index in [-0.39, 0.29) is 12.6 Å². The molecular formula is C4H11NO2. The lowest BCUT2D eigenvalue weighted by atomic mass is 10.2. The molecule has 0 aliphatic rings. The second-order valence-corrected chi connectivity index (χ2v) is 1.61. The molecule has 0 spiro atoms. The van der Waals surface area contributed by atoms with Crippen molar-refractivity contribution in [3.63, 3.8) is 0 Å². The number of hydrogen-bond donors (Lipinski definition) is 3. The standard InChI is InChI=1S/C4H11NO2/c1-3(5)4(7)2-6/h3-4,6-7H,2,5H2,1H3/t3-,4+/m1/s1. The maximum Gasteiger partial charge on any atom is 0.0918 e. The van der Waals surface area contributed by atoms with E-state index < -0.39 is 6.10 Å². The Balaban J connectivity index is 3.14. The van der Waals surface area contributed by atoms with Gasteiger partial charge in [-0.05, 0) is 6.92 Å². The fourth-order valence-corrected chi connectivity index (χ4v) is 0.166. The highest BCUT2D eigenvalue weighted by molar-refractivity contribution is 4.62. The molecule has 0 radical (unpaired) electrons. The van der Waals surface area contributed by atoms with Crippen LogP contribution in [-0.2, 0) is 0 Å². The molecule has 7 heavy (non-hydrogen) atoms. The van der Waals surface area contributed by atoms with Crippen LogP contribution >= 0.6 is 0 Å². The first-order valence-corrected chi connectivity index (χ1v) is 2.23. The molecule has 0 aromatic heterocycles. The van der Waals surface area contributed by atoms with Crippen LogP contribution in [0, 0.1) is 0 Å². The quantitative estimate of drug-likeness (QED) is 0.408. The topological polar surface area (TPSA) is 66.5 Å². The minimum Gasteiger partial charge on any atom is -0.394 e. The summed E-state index contributed by atoms with van der Waals surface area (Å²) < 4.78 is 0. The minimum absolute atomic E-state index is 0.252. The molecule has 0 amide bonds. The second kappa shape index (κ2) is 2.96. The summed E-state index contributed by atoms with van der Waals surface area (Å²) in [5, 5.41) is 16.7. The van der Waals surface area contributed by atoms with Gasteiger partial charge in [0.2, 0.25) is 0 Å². The van der Waals surface area contributed by atoms with Gasteiger partial charge in [0.15, 0.2) is 0 Å². The maximum atomic E-state index is 8.56. The van der Waals surface area contributed by atoms with Gasteiger partial charge in [-0.3, -0.25) is 0 Å². The van der Waals surface area contributed by atoms with Crippen molar-refractivity contribution in [2.75, 3.05) is 6.61 Å². The molecular weight excluding hydrogens is 94.0 g/mol. The molecule has 0 aliphatic heterocycles. The van der Waals surface area contributed by atoms with Crippen molar-refractivity contribution in [3.05, 3.63) is 0 Å². The monoisotopic (exact) mass is 105 g/mol. The Hall–Kier alpha value is -0.120. The molecule has 2 atom stereocenters. The highest BCUT2D eigenvalue weighted by Crippen LogP contribution is 1.83. The molecule has 0 bridgehead atoms. The van der Waals surface area contributed by atoms with Crippen LogP contribution in [0.3, 0.4) is 0 Å². The van der Waals surface area contributed by atoms with E-state index in [1.165, 1.54) is 0 Å². The number of nitrogens with two attached hydrogens (primary N) is 1. The first kappa shape index (κ1) is 6.88. The molecule has 0 saturated carbocycles. The van der Waals surface area contributed by atoms with Crippen molar-refractivity contribution in [1.29, 1.82) is 0 Å². The first-order chi connectivity index (χ1) is 3.18. The average molecular weight is 105 g/mol. The Bertz CT molecular complexity index is 47.0. The highest BCUT2D eigenvalue weighted by atomic mass is 16.3. The molecule has 0 rings (SSSR count). The van der Waals surface area contributed by atoms with Gasteiger partial charge >= 0.3 is 0 Å². The molecule has 0 heterocycles. The van der Waals surface area contributed by atoms with E-state index in [1.807, 2.05) is 0 Å². The molecule has 0 aliphatic carbocycles. The van der Waals surface area contributed by atoms with Crippen molar-refractivity contribution in [2.45, 2.75) is 19.1 Å². The lowest BCUT2D eigenvalue weighted by molar-refractivity contribution is 0.0789. The van der Waals surface area contributed by atoms with Gasteiger partial charge in [-0.25, -0.2) is 0 Å². The van der Waals surface area contributed by atoms with Crippen LogP contribution in [-0.4, -0.2) is 29.0 Å². The van der Waals surface area contributed by atoms with Gasteiger partial charge in [0.05, 0.1) is 12.7 Å². The third-order valence-corrected chi connectivity index (χ3v) is 0.794. The molecule has 44 valence electrons. The van der Waals surface area contributed by atoms with E-state index in [2.05, 4.69) is 0 Å². The minimum atomic E-state index is -0.764. The number of aliphatic hydroxyl groups is 2. The summed E-state index contributed by atoms with van der Waals surface area (Å²) in [6.45, 7) is 1.39. The van der Waals surface area contributed by atoms with Gasteiger partial charge < -0.3 is 15.9 Å². The Morgan fingerprint density at radius 3 is 2.14 bits per heavy atom. The Morgan fingerprint density at radius 2 is 2.14 bits per heavy atom. The molecule has 3 nitrogen and oxygen atoms in total. The predicted molar refractivity (Wildman–Crippen MR) is 26.7 cm³/mol. The summed E-state index contributed by atoms with van der Waals surface area (Å²) in [4.78, 5) is 0. The van der Waals surface area contributed by atoms with Crippen molar-refractivity contribution in [1.82, 2.24) is 0 Å². The fourth-order valence-electron chi connectivity index (χ4n) is 0.166. The van der Waals surface area contributed by atoms with Crippen LogP contribution in [0.2, 0.25) is 0 Å². The Labute approximate surface area is 42.8 Å². The number of hydrogen-bond acceptors (Lipinski definition) is 3. The van der Waals surface area contributed by atoms with Crippen molar-refractivity contribution in [3.8, 4) is 0 Å². The molecule has 4 N–H and O–H groups in total. The zero-order valence-corrected chi connectivity index (χ0v) is 4.33. The maximum absolute atomic E-state index is 8.56. The molecule has 0 unspecified atom stereocenters. The largest absolute Gasteiger partial charge is 0.394 e. The summed E-state index contributed by atoms with van der Waals surface area (Å²) in [7, 11) is 0. The third kappa shape index (κ3) is 2.56. The smallest absolute Gasteiger partial charge is 0.0918 e. The van der Waals surface area contributed by atoms with E-state index in [1.54, 1.807) is 6.92 Å². The number of aliphatic hydroxyl groups excluding tert-OH is 2. The molecule has 0 aromatic rings. The van der Waals surface area contributed by atoms with E-state index >= 15 is 0 Å². The van der Waals surface area contributed by atoms with E-state index in [0.717, 1.165) is 0 Å². The number of rotatable bonds is 2. The molecule has 0 aromatic carbocycles. The first-order valence-electron chi connectivity index (χ1n) is 2.23. The molecule has 0 fully saturated rings. The second-order valence-electron chi connectivity index (χ2n) is 1.61. The summed E-state index contributed by atoms with van der Waals surface area (Å²) in [5.74, 6) is 0. The Kier molecular flexibility index (Phi) is 2.91. The van der Waals surface area contributed by atoms with Gasteiger partial charge in [0, 0.05) is 6.04 Å². The summed E-state index contributed by atoms with van der Waals surface area (Å²) >= 11 is 0. The lowest BCUT2D eigenvalue weighted by Gasteiger charge is -2.08. The average Bonchev–Trinajstić information content (AvgIpc) is 1.65. The van der Waals surface area contributed by atoms with Crippen LogP contribution in [0.4, 0.5) is 0 Å². The van der Waals surface area contributed by atoms with Gasteiger partial charge in [-0.2, -0.15) is 0 Å². The summed E-state index contributed by atoms with van der Waals surface area (Å²) in [5.41, 5.74) is 5.14. The van der Waals surface area contributed by atoms with Crippen molar-refractivity contribution < 1.29 is 10.2 Å². The highest BCUT2D eigenvalue weighted by Gasteiger charge is 2.05. The molecule has 0 saturated heterocycles. The van der Waals surface area contributed by atoms with Crippen LogP contribution < -0.4 is 5.73 Å². The predicted octanol–water partition coefficient (Wildman–Crippen LogP) is -1.31. The van der Waals surface area contributed by atoms with Crippen molar-refractivity contribution in [2.24, 2.45) is 5.73 Å². The zero-order valence-electron chi connectivity index (χ0n) is 4.33. The lowest BCUT2D eigenvalue weighted by Crippen LogP contribution is -2.33. The van der Waals surface area contributed by atoms with Crippen LogP contribution in [0.25, 0.3) is 0 Å². The normalized spacial score (nSPS) is 18.9. The SMILES string of the molecule is C[C@@H](N)[C@@H](O)CO. The van der Waals surface area contributed by atoms with Crippen LogP contribution in [0.5, 0.6) is 0 Å². The van der Waals surface area contributed by atoms with E-state index in [4.69, 9.17) is 15.9 Å². The third-order valence-electron chi connectivity index (χ3n) is 0.794. The summed E-state index contributed by atoms with van der Waals surface area (Å²) in [6.07, 6.45) is -0.764. The van der Waals surface area contributed by atoms with Gasteiger partial charge in [-0.1, -0.05) is 0 Å². The molecule has 3 heteroatoms. The zero-order chi connectivity index (χ0) is 5.86. The van der Waals surface area contributed by atoms with E-state index in [0.29, 0.717) is 0 Å². The van der Waals surface area contributed by atoms with Gasteiger partial charge in [0.25, 0.3) is 0 Å². The van der Waals surface area contributed by atoms with Gasteiger partial charge in [-0.15, -0.1) is 0 Å². The fraction of sp³-hybridized carbons (Fsp3) is 1.00.